The van der Waals surface area contributed by atoms with Crippen molar-refractivity contribution in [3.63, 3.8) is 0 Å². The quantitative estimate of drug-likeness (QED) is 0.0723. The largest absolute Gasteiger partial charge is 0.508 e. The highest BCUT2D eigenvalue weighted by molar-refractivity contribution is 8.76. The lowest BCUT2D eigenvalue weighted by Crippen LogP contribution is -2.79. The van der Waals surface area contributed by atoms with Gasteiger partial charge in [0.25, 0.3) is 0 Å². The molecule has 8 bridgehead atoms. The van der Waals surface area contributed by atoms with Crippen LogP contribution in [0.25, 0.3) is 0 Å². The Labute approximate surface area is 562 Å². The Morgan fingerprint density at radius 1 is 0.830 bits per heavy atom. The minimum Gasteiger partial charge on any atom is -0.508 e. The first kappa shape index (κ1) is 64.5. The van der Waals surface area contributed by atoms with Gasteiger partial charge in [0.1, 0.15) is 28.5 Å². The van der Waals surface area contributed by atoms with Crippen molar-refractivity contribution in [1.29, 1.82) is 0 Å². The molecule has 512 valence electrons. The molecule has 10 fully saturated rings. The van der Waals surface area contributed by atoms with Crippen molar-refractivity contribution in [3.8, 4) is 5.75 Å². The van der Waals surface area contributed by atoms with Crippen LogP contribution in [-0.4, -0.2) is 154 Å². The molecule has 11 aliphatic carbocycles. The first-order valence-electron chi connectivity index (χ1n) is 36.9. The zero-order valence-corrected chi connectivity index (χ0v) is 57.3. The number of epoxide rings is 1. The number of benzene rings is 1. The minimum absolute atomic E-state index is 0.0258. The number of hydrogen-bond acceptors (Lipinski definition) is 16. The van der Waals surface area contributed by atoms with Crippen molar-refractivity contribution in [2.75, 3.05) is 37.0 Å². The van der Waals surface area contributed by atoms with E-state index < -0.39 is 115 Å². The highest BCUT2D eigenvalue weighted by atomic mass is 33.1. The van der Waals surface area contributed by atoms with E-state index in [0.29, 0.717) is 107 Å². The molecule has 94 heavy (non-hydrogen) atoms. The molecule has 15 nitrogen and oxygen atoms in total. The third kappa shape index (κ3) is 7.79. The molecule has 1 aromatic carbocycles. The van der Waals surface area contributed by atoms with Crippen LogP contribution in [0, 0.1) is 97.1 Å². The molecule has 25 atom stereocenters. The molecule has 7 saturated carbocycles. The highest BCUT2D eigenvalue weighted by Crippen LogP contribution is 2.82. The number of allylic oxidation sites excluding steroid dienone is 4. The van der Waals surface area contributed by atoms with Gasteiger partial charge in [-0.15, -0.1) is 0 Å². The van der Waals surface area contributed by atoms with Crippen LogP contribution < -0.4 is 10.2 Å². The molecule has 17 heteroatoms. The third-order valence-corrected chi connectivity index (χ3v) is 34.5. The summed E-state index contributed by atoms with van der Waals surface area (Å²) in [4.78, 5) is 35.9. The molecule has 1 amide bonds. The van der Waals surface area contributed by atoms with Gasteiger partial charge < -0.3 is 65.6 Å². The summed E-state index contributed by atoms with van der Waals surface area (Å²) in [6.07, 6.45) is 27.4. The van der Waals surface area contributed by atoms with Gasteiger partial charge in [0.2, 0.25) is 5.91 Å². The average molecular weight is 1330 g/mol. The summed E-state index contributed by atoms with van der Waals surface area (Å²) in [7, 11) is 2.59. The molecular formula is C77H104N2O13S2. The van der Waals surface area contributed by atoms with E-state index in [1.807, 2.05) is 17.9 Å². The van der Waals surface area contributed by atoms with Crippen molar-refractivity contribution in [1.82, 2.24) is 5.32 Å². The smallest absolute Gasteiger partial charge is 0.235 e. The van der Waals surface area contributed by atoms with Gasteiger partial charge in [-0.05, 0) is 190 Å². The number of carbonyl (C=O) groups excluding carboxylic acids is 2. The summed E-state index contributed by atoms with van der Waals surface area (Å²) in [5, 5.41) is 124. The SMILES string of the molecule is CC(C)[C@@H](C)[C@@H]1O[C@H]1[C@@]1(O)CC=C[C@@H]2C[C@H]3C4=CC(=O)[C@@]5(C[C@@H](O)[C@](O)(CO)C6(CCCC6)[C@]35C)[C@H](O)SSC[C@@H]3CCC[C@]5(CO)C=C[C@@H]6C[C@H]([C@@H]7C[C@@H]8C=C9C=CCO[C@H]9C[C@H]8C8(CCCCC8)N7)[C@@H](O)[C@]67CN(C(=O)[C@@]357)c3cc(O)cc(c3)CC[C@]23[C@@H]1CC[C@@]43O. The number of aliphatic hydroxyl groups excluding tert-OH is 5. The van der Waals surface area contributed by atoms with Crippen molar-refractivity contribution >= 4 is 39.0 Å². The van der Waals surface area contributed by atoms with Gasteiger partial charge in [0.05, 0.1) is 60.7 Å². The Kier molecular flexibility index (Phi) is 15.0. The molecule has 1 aromatic rings. The summed E-state index contributed by atoms with van der Waals surface area (Å²) in [5.74, 6) is -1.84. The minimum atomic E-state index is -2.07. The predicted molar refractivity (Wildman–Crippen MR) is 359 cm³/mol. The van der Waals surface area contributed by atoms with E-state index in [2.05, 4.69) is 68.6 Å². The fourth-order valence-corrected chi connectivity index (χ4v) is 30.6. The van der Waals surface area contributed by atoms with E-state index in [4.69, 9.17) is 9.47 Å². The second-order valence-corrected chi connectivity index (χ2v) is 37.0. The molecule has 3 saturated heterocycles. The number of carbonyl (C=O) groups is 2. The zero-order valence-electron chi connectivity index (χ0n) is 55.7. The number of rotatable bonds is 6. The number of nitrogens with one attached hydrogen (secondary N) is 1. The maximum Gasteiger partial charge on any atom is 0.235 e. The number of anilines is 1. The number of hydrogen-bond donors (Lipinski definition) is 10. The second-order valence-electron chi connectivity index (χ2n) is 34.5. The number of aliphatic hydroxyl groups is 8. The number of piperidine rings is 1. The predicted octanol–water partition coefficient (Wildman–Crippen LogP) is 9.35. The van der Waals surface area contributed by atoms with Crippen molar-refractivity contribution < 1.29 is 65.0 Å². The van der Waals surface area contributed by atoms with Crippen molar-refractivity contribution in [2.24, 2.45) is 97.1 Å². The van der Waals surface area contributed by atoms with Gasteiger partial charge in [0, 0.05) is 69.1 Å². The topological polar surface area (TPSA) is 253 Å². The van der Waals surface area contributed by atoms with Crippen LogP contribution in [0.5, 0.6) is 5.75 Å². The fourth-order valence-electron chi connectivity index (χ4n) is 27.6. The van der Waals surface area contributed by atoms with Gasteiger partial charge in [0.15, 0.2) is 5.78 Å². The summed E-state index contributed by atoms with van der Waals surface area (Å²) in [6, 6.07) is 5.40. The molecule has 18 aliphatic rings. The van der Waals surface area contributed by atoms with Crippen molar-refractivity contribution in [2.45, 2.75) is 233 Å². The number of amides is 1. The number of phenolic OH excluding ortho intramolecular Hbond substituents is 1. The van der Waals surface area contributed by atoms with Crippen LogP contribution in [-0.2, 0) is 25.5 Å². The number of ether oxygens (including phenoxy) is 2. The van der Waals surface area contributed by atoms with Gasteiger partial charge in [-0.2, -0.15) is 0 Å². The summed E-state index contributed by atoms with van der Waals surface area (Å²) in [6.45, 7) is 8.24. The van der Waals surface area contributed by atoms with E-state index in [0.717, 1.165) is 44.1 Å². The Balaban J connectivity index is 0.842. The van der Waals surface area contributed by atoms with E-state index in [-0.39, 0.29) is 97.4 Å². The monoisotopic (exact) mass is 1330 g/mol. The number of aromatic hydroxyl groups is 1. The van der Waals surface area contributed by atoms with E-state index in [9.17, 15) is 46.0 Å². The zero-order chi connectivity index (χ0) is 65.3. The summed E-state index contributed by atoms with van der Waals surface area (Å²) >= 11 is 0. The maximum atomic E-state index is 17.3. The Hall–Kier alpha value is -2.88. The first-order valence-corrected chi connectivity index (χ1v) is 39.3. The molecule has 0 unspecified atom stereocenters. The molecule has 10 N–H and O–H groups in total. The summed E-state index contributed by atoms with van der Waals surface area (Å²) < 4.78 is 13.1. The van der Waals surface area contributed by atoms with Crippen LogP contribution in [0.2, 0.25) is 0 Å². The number of fused-ring (bicyclic) bond motifs is 4. The standard InChI is InChI=1S/C77H104N2O13S2/c1-43(2)44(3)62-64(92-62)74(88)24-11-14-48-34-55-56-37-60(83)72(38-61(84)76(90,42-81)70(67(55,72)4)22-8-9-23-70)66(87)94-93-39-50-15-10-19-68(41-80)25-17-49-33-53(57-32-47-31-46-13-12-28-91-58(46)36-54(47)69(78-57)20-6-5-7-21-69)63(85)73(49)40-79(65(86)77(50,68)73)51-29-45(30-52(82)35-51)16-26-71(48)59(74)18-27-75(56,71)89/h11-14,17,25,29-31,35,37,43-44,47-50,53-55,57-59,61-64,66,78,80-82,84-85,87-90H,5-10,15-16,18-24,26-28,32-34,36,38-42H2,1-4H3/t44-,47+,48-,49-,50+,53-,54-,55+,57+,58+,59+,61-,62+,63-,64-,66-,67+,68-,71-,72+,73+,74-,75-,76-,77+/m1/s1. The van der Waals surface area contributed by atoms with Gasteiger partial charge in [-0.25, -0.2) is 0 Å². The lowest BCUT2D eigenvalue weighted by Gasteiger charge is -2.74. The Morgan fingerprint density at radius 2 is 1.61 bits per heavy atom. The van der Waals surface area contributed by atoms with E-state index in [1.165, 1.54) is 33.6 Å². The number of ketones is 1. The third-order valence-electron chi connectivity index (χ3n) is 31.9. The Morgan fingerprint density at radius 3 is 2.37 bits per heavy atom. The van der Waals surface area contributed by atoms with Crippen LogP contribution in [0.1, 0.15) is 168 Å². The molecular weight excluding hydrogens is 1220 g/mol. The second kappa shape index (κ2) is 21.8. The van der Waals surface area contributed by atoms with Crippen LogP contribution in [0.3, 0.4) is 0 Å². The number of nitrogens with zero attached hydrogens (tertiary/aromatic N) is 1. The molecule has 0 aromatic heterocycles. The summed E-state index contributed by atoms with van der Waals surface area (Å²) in [5.41, 5.74) is -13.0. The molecule has 0 radical (unpaired) electrons. The number of aryl methyl sites for hydroxylation is 1. The average Bonchev–Trinajstić information content (AvgIpc) is 1.26. The maximum absolute atomic E-state index is 17.3. The fraction of sp³-hybridized carbons (Fsp3) is 0.766. The lowest BCUT2D eigenvalue weighted by atomic mass is 9.31. The first-order chi connectivity index (χ1) is 45.0. The normalized spacial score (nSPS) is 51.0. The molecule has 6 spiro atoms. The Bertz CT molecular complexity index is 3430. The van der Waals surface area contributed by atoms with E-state index >= 15 is 9.59 Å². The van der Waals surface area contributed by atoms with Crippen molar-refractivity contribution in [3.05, 3.63) is 83.5 Å². The molecule has 7 heterocycles. The molecule has 7 aliphatic heterocycles. The van der Waals surface area contributed by atoms with Crippen LogP contribution in [0.15, 0.2) is 78.0 Å². The number of phenols is 1. The van der Waals surface area contributed by atoms with Gasteiger partial charge >= 0.3 is 0 Å². The lowest BCUT2D eigenvalue weighted by molar-refractivity contribution is -0.309. The van der Waals surface area contributed by atoms with Crippen LogP contribution >= 0.6 is 21.6 Å². The van der Waals surface area contributed by atoms with Gasteiger partial charge in [-0.3, -0.25) is 9.59 Å². The highest BCUT2D eigenvalue weighted by Gasteiger charge is 2.85. The van der Waals surface area contributed by atoms with E-state index in [1.54, 1.807) is 18.2 Å². The molecule has 19 rings (SSSR count). The van der Waals surface area contributed by atoms with Crippen LogP contribution in [0.4, 0.5) is 5.69 Å². The van der Waals surface area contributed by atoms with Gasteiger partial charge in [-0.1, -0.05) is 130 Å².